The van der Waals surface area contributed by atoms with Crippen molar-refractivity contribution in [3.8, 4) is 0 Å². The lowest BCUT2D eigenvalue weighted by Crippen LogP contribution is -2.35. The van der Waals surface area contributed by atoms with Crippen LogP contribution in [0.3, 0.4) is 0 Å². The Kier molecular flexibility index (Phi) is 3.97. The molecule has 3 aromatic rings. The van der Waals surface area contributed by atoms with Crippen LogP contribution >= 0.6 is 0 Å². The summed E-state index contributed by atoms with van der Waals surface area (Å²) in [7, 11) is 2.23. The van der Waals surface area contributed by atoms with Gasteiger partial charge in [-0.1, -0.05) is 11.6 Å². The standard InChI is InChI=1S/C22H25N3/c1-15-5-6-21-19(11-15)20-14-24(4)17(3)12-22(20)25(21)13-16(2)18-7-9-23-10-8-18/h5-11,13,17H,12,14H2,1-4H3. The summed E-state index contributed by atoms with van der Waals surface area (Å²) in [5, 5.41) is 1.40. The van der Waals surface area contributed by atoms with Gasteiger partial charge in [0.1, 0.15) is 0 Å². The molecule has 0 aliphatic carbocycles. The molecular formula is C22H25N3. The molecule has 0 bridgehead atoms. The Morgan fingerprint density at radius 3 is 2.72 bits per heavy atom. The number of fused-ring (bicyclic) bond motifs is 3. The molecule has 3 heterocycles. The molecule has 0 saturated carbocycles. The van der Waals surface area contributed by atoms with Crippen molar-refractivity contribution in [2.45, 2.75) is 39.8 Å². The summed E-state index contributed by atoms with van der Waals surface area (Å²) in [4.78, 5) is 6.59. The van der Waals surface area contributed by atoms with Crippen molar-refractivity contribution in [2.24, 2.45) is 0 Å². The SMILES string of the molecule is CC(=Cn1c2c(c3cc(C)ccc31)CN(C)C(C)C2)c1ccncc1. The van der Waals surface area contributed by atoms with E-state index < -0.39 is 0 Å². The van der Waals surface area contributed by atoms with Crippen LogP contribution in [0.4, 0.5) is 0 Å². The fraction of sp³-hybridized carbons (Fsp3) is 0.318. The van der Waals surface area contributed by atoms with E-state index in [2.05, 4.69) is 78.8 Å². The van der Waals surface area contributed by atoms with E-state index in [4.69, 9.17) is 0 Å². The number of rotatable bonds is 2. The second-order valence-corrected chi connectivity index (χ2v) is 7.33. The van der Waals surface area contributed by atoms with E-state index in [1.807, 2.05) is 12.4 Å². The Bertz CT molecular complexity index is 950. The van der Waals surface area contributed by atoms with E-state index in [1.54, 1.807) is 0 Å². The first-order chi connectivity index (χ1) is 12.0. The number of benzene rings is 1. The molecule has 25 heavy (non-hydrogen) atoms. The van der Waals surface area contributed by atoms with Gasteiger partial charge in [0, 0.05) is 48.7 Å². The van der Waals surface area contributed by atoms with Crippen LogP contribution in [0.1, 0.15) is 36.2 Å². The van der Waals surface area contributed by atoms with Crippen molar-refractivity contribution < 1.29 is 0 Å². The Labute approximate surface area is 149 Å². The molecule has 0 saturated heterocycles. The number of likely N-dealkylation sites (N-methyl/N-ethyl adjacent to an activating group) is 1. The third kappa shape index (κ3) is 2.79. The van der Waals surface area contributed by atoms with Gasteiger partial charge in [0.15, 0.2) is 0 Å². The Morgan fingerprint density at radius 2 is 1.96 bits per heavy atom. The fourth-order valence-electron chi connectivity index (χ4n) is 3.82. The molecule has 128 valence electrons. The van der Waals surface area contributed by atoms with Gasteiger partial charge in [-0.3, -0.25) is 9.88 Å². The molecule has 0 fully saturated rings. The second-order valence-electron chi connectivity index (χ2n) is 7.33. The number of aryl methyl sites for hydroxylation is 1. The molecule has 0 spiro atoms. The molecule has 1 aromatic carbocycles. The number of pyridine rings is 1. The van der Waals surface area contributed by atoms with Crippen molar-refractivity contribution in [3.63, 3.8) is 0 Å². The molecule has 1 atom stereocenters. The number of allylic oxidation sites excluding steroid dienone is 1. The molecule has 1 aliphatic heterocycles. The number of nitrogens with zero attached hydrogens (tertiary/aromatic N) is 3. The van der Waals surface area contributed by atoms with Crippen LogP contribution in [0.15, 0.2) is 42.7 Å². The van der Waals surface area contributed by atoms with Crippen LogP contribution in [0.5, 0.6) is 0 Å². The minimum Gasteiger partial charge on any atom is -0.320 e. The average molecular weight is 331 g/mol. The zero-order valence-electron chi connectivity index (χ0n) is 15.5. The fourth-order valence-corrected chi connectivity index (χ4v) is 3.82. The van der Waals surface area contributed by atoms with Crippen molar-refractivity contribution >= 4 is 22.7 Å². The Balaban J connectivity index is 1.93. The lowest BCUT2D eigenvalue weighted by Gasteiger charge is -2.30. The van der Waals surface area contributed by atoms with Crippen LogP contribution < -0.4 is 0 Å². The normalized spacial score (nSPS) is 18.6. The highest BCUT2D eigenvalue weighted by Gasteiger charge is 2.26. The minimum absolute atomic E-state index is 0.561. The largest absolute Gasteiger partial charge is 0.320 e. The van der Waals surface area contributed by atoms with Crippen molar-refractivity contribution in [1.29, 1.82) is 0 Å². The number of hydrogen-bond acceptors (Lipinski definition) is 2. The van der Waals surface area contributed by atoms with Gasteiger partial charge in [0.2, 0.25) is 0 Å². The lowest BCUT2D eigenvalue weighted by atomic mass is 9.99. The van der Waals surface area contributed by atoms with Gasteiger partial charge < -0.3 is 4.57 Å². The van der Waals surface area contributed by atoms with Gasteiger partial charge in [-0.25, -0.2) is 0 Å². The van der Waals surface area contributed by atoms with E-state index in [9.17, 15) is 0 Å². The maximum atomic E-state index is 4.13. The van der Waals surface area contributed by atoms with E-state index >= 15 is 0 Å². The first-order valence-corrected chi connectivity index (χ1v) is 8.96. The van der Waals surface area contributed by atoms with Gasteiger partial charge >= 0.3 is 0 Å². The summed E-state index contributed by atoms with van der Waals surface area (Å²) in [5.41, 5.74) is 8.06. The van der Waals surface area contributed by atoms with E-state index in [0.29, 0.717) is 6.04 Å². The predicted molar refractivity (Wildman–Crippen MR) is 105 cm³/mol. The van der Waals surface area contributed by atoms with Crippen LogP contribution in [0.2, 0.25) is 0 Å². The van der Waals surface area contributed by atoms with Crippen LogP contribution in [-0.4, -0.2) is 27.5 Å². The van der Waals surface area contributed by atoms with E-state index in [0.717, 1.165) is 13.0 Å². The van der Waals surface area contributed by atoms with Crippen LogP contribution in [0, 0.1) is 6.92 Å². The third-order valence-electron chi connectivity index (χ3n) is 5.48. The highest BCUT2D eigenvalue weighted by atomic mass is 15.1. The molecule has 3 heteroatoms. The smallest absolute Gasteiger partial charge is 0.0529 e. The van der Waals surface area contributed by atoms with Gasteiger partial charge in [0.25, 0.3) is 0 Å². The summed E-state index contributed by atoms with van der Waals surface area (Å²) < 4.78 is 2.42. The summed E-state index contributed by atoms with van der Waals surface area (Å²) in [6.45, 7) is 7.69. The van der Waals surface area contributed by atoms with Crippen molar-refractivity contribution in [2.75, 3.05) is 7.05 Å². The first-order valence-electron chi connectivity index (χ1n) is 8.96. The highest BCUT2D eigenvalue weighted by Crippen LogP contribution is 2.34. The van der Waals surface area contributed by atoms with Crippen molar-refractivity contribution in [1.82, 2.24) is 14.5 Å². The average Bonchev–Trinajstić information content (AvgIpc) is 2.89. The highest BCUT2D eigenvalue weighted by molar-refractivity contribution is 5.90. The summed E-state index contributed by atoms with van der Waals surface area (Å²) in [6.07, 6.45) is 7.09. The maximum absolute atomic E-state index is 4.13. The summed E-state index contributed by atoms with van der Waals surface area (Å²) in [5.74, 6) is 0. The topological polar surface area (TPSA) is 21.1 Å². The maximum Gasteiger partial charge on any atom is 0.0529 e. The zero-order valence-corrected chi connectivity index (χ0v) is 15.5. The molecule has 1 unspecified atom stereocenters. The number of hydrogen-bond donors (Lipinski definition) is 0. The molecule has 0 N–H and O–H groups in total. The first kappa shape index (κ1) is 16.1. The van der Waals surface area contributed by atoms with E-state index in [1.165, 1.54) is 38.9 Å². The van der Waals surface area contributed by atoms with Crippen LogP contribution in [0.25, 0.3) is 22.7 Å². The summed E-state index contributed by atoms with van der Waals surface area (Å²) >= 11 is 0. The van der Waals surface area contributed by atoms with Gasteiger partial charge in [-0.15, -0.1) is 0 Å². The Hall–Kier alpha value is -2.39. The molecular weight excluding hydrogens is 306 g/mol. The third-order valence-corrected chi connectivity index (χ3v) is 5.48. The minimum atomic E-state index is 0.561. The van der Waals surface area contributed by atoms with E-state index in [-0.39, 0.29) is 0 Å². The Morgan fingerprint density at radius 1 is 1.20 bits per heavy atom. The molecule has 1 aliphatic rings. The lowest BCUT2D eigenvalue weighted by molar-refractivity contribution is 0.230. The number of aromatic nitrogens is 2. The predicted octanol–water partition coefficient (Wildman–Crippen LogP) is 4.74. The van der Waals surface area contributed by atoms with Gasteiger partial charge in [-0.05, 0) is 68.8 Å². The molecule has 0 amide bonds. The van der Waals surface area contributed by atoms with Crippen molar-refractivity contribution in [3.05, 3.63) is 65.1 Å². The van der Waals surface area contributed by atoms with Gasteiger partial charge in [-0.2, -0.15) is 0 Å². The molecule has 4 rings (SSSR count). The second kappa shape index (κ2) is 6.16. The van der Waals surface area contributed by atoms with Gasteiger partial charge in [0.05, 0.1) is 5.52 Å². The van der Waals surface area contributed by atoms with Crippen LogP contribution in [-0.2, 0) is 13.0 Å². The molecule has 2 aromatic heterocycles. The summed E-state index contributed by atoms with van der Waals surface area (Å²) in [6, 6.07) is 11.5. The quantitative estimate of drug-likeness (QED) is 0.676. The zero-order chi connectivity index (χ0) is 17.6. The monoisotopic (exact) mass is 331 g/mol. The molecule has 0 radical (unpaired) electrons. The molecule has 3 nitrogen and oxygen atoms in total.